The number of fused-ring (bicyclic) bond motifs is 1. The van der Waals surface area contributed by atoms with E-state index in [1.165, 1.54) is 5.56 Å². The van der Waals surface area contributed by atoms with E-state index < -0.39 is 0 Å². The molecular formula is C20H26N2O2S. The molecule has 0 spiro atoms. The highest BCUT2D eigenvalue weighted by Gasteiger charge is 2.39. The molecule has 1 aromatic rings. The minimum Gasteiger partial charge on any atom is -0.354 e. The highest BCUT2D eigenvalue weighted by atomic mass is 32.2. The van der Waals surface area contributed by atoms with Crippen molar-refractivity contribution in [1.82, 2.24) is 10.6 Å². The first-order valence-electron chi connectivity index (χ1n) is 8.98. The molecular weight excluding hydrogens is 332 g/mol. The Balaban J connectivity index is 1.66. The average Bonchev–Trinajstić information content (AvgIpc) is 2.56. The number of carbonyl (C=O) groups is 2. The van der Waals surface area contributed by atoms with E-state index in [1.54, 1.807) is 11.8 Å². The van der Waals surface area contributed by atoms with Gasteiger partial charge in [-0.2, -0.15) is 0 Å². The molecule has 0 bridgehead atoms. The molecule has 25 heavy (non-hydrogen) atoms. The molecule has 2 amide bonds. The summed E-state index contributed by atoms with van der Waals surface area (Å²) in [7, 11) is 0. The van der Waals surface area contributed by atoms with Crippen molar-refractivity contribution in [2.45, 2.75) is 57.4 Å². The molecule has 4 nitrogen and oxygen atoms in total. The van der Waals surface area contributed by atoms with Crippen molar-refractivity contribution < 1.29 is 9.59 Å². The number of hydrogen-bond acceptors (Lipinski definition) is 3. The van der Waals surface area contributed by atoms with Gasteiger partial charge in [0.05, 0.1) is 4.91 Å². The molecule has 3 unspecified atom stereocenters. The Morgan fingerprint density at radius 2 is 2.00 bits per heavy atom. The number of hydrogen-bond donors (Lipinski definition) is 2. The summed E-state index contributed by atoms with van der Waals surface area (Å²) < 4.78 is 0. The van der Waals surface area contributed by atoms with Gasteiger partial charge in [0.2, 0.25) is 5.91 Å². The molecule has 0 radical (unpaired) electrons. The second kappa shape index (κ2) is 7.65. The summed E-state index contributed by atoms with van der Waals surface area (Å²) >= 11 is 1.67. The molecule has 1 aliphatic carbocycles. The molecule has 134 valence electrons. The summed E-state index contributed by atoms with van der Waals surface area (Å²) in [5.74, 6) is 0.109. The molecule has 5 heteroatoms. The van der Waals surface area contributed by atoms with Crippen molar-refractivity contribution in [2.75, 3.05) is 0 Å². The van der Waals surface area contributed by atoms with Crippen molar-refractivity contribution in [1.29, 1.82) is 0 Å². The summed E-state index contributed by atoms with van der Waals surface area (Å²) in [5.41, 5.74) is 2.26. The molecule has 3 rings (SSSR count). The van der Waals surface area contributed by atoms with Crippen LogP contribution in [-0.4, -0.2) is 29.1 Å². The summed E-state index contributed by atoms with van der Waals surface area (Å²) in [4.78, 5) is 25.5. The number of nitrogens with one attached hydrogen (secondary N) is 2. The third-order valence-corrected chi connectivity index (χ3v) is 6.21. The second-order valence-electron chi connectivity index (χ2n) is 7.33. The summed E-state index contributed by atoms with van der Waals surface area (Å²) in [5, 5.41) is 6.48. The average molecular weight is 359 g/mol. The normalized spacial score (nSPS) is 27.8. The molecule has 1 heterocycles. The first-order chi connectivity index (χ1) is 11.9. The number of benzene rings is 1. The van der Waals surface area contributed by atoms with Crippen LogP contribution >= 0.6 is 11.8 Å². The zero-order valence-electron chi connectivity index (χ0n) is 15.0. The minimum atomic E-state index is -0.0169. The lowest BCUT2D eigenvalue weighted by atomic mass is 9.84. The lowest BCUT2D eigenvalue weighted by Gasteiger charge is -2.39. The third-order valence-electron chi connectivity index (χ3n) is 4.78. The van der Waals surface area contributed by atoms with Gasteiger partial charge in [0.25, 0.3) is 5.91 Å². The van der Waals surface area contributed by atoms with Gasteiger partial charge in [0, 0.05) is 23.3 Å². The Morgan fingerprint density at radius 1 is 1.28 bits per heavy atom. The van der Waals surface area contributed by atoms with Crippen LogP contribution < -0.4 is 10.6 Å². The third kappa shape index (κ3) is 4.46. The van der Waals surface area contributed by atoms with E-state index in [9.17, 15) is 9.59 Å². The Labute approximate surface area is 153 Å². The van der Waals surface area contributed by atoms with Gasteiger partial charge in [-0.15, -0.1) is 11.8 Å². The van der Waals surface area contributed by atoms with Crippen molar-refractivity contribution in [2.24, 2.45) is 5.92 Å². The number of amides is 2. The van der Waals surface area contributed by atoms with Gasteiger partial charge in [-0.1, -0.05) is 29.8 Å². The fourth-order valence-electron chi connectivity index (χ4n) is 3.45. The van der Waals surface area contributed by atoms with Crippen LogP contribution in [0.2, 0.25) is 0 Å². The minimum absolute atomic E-state index is 0.00665. The van der Waals surface area contributed by atoms with E-state index in [0.29, 0.717) is 5.25 Å². The Hall–Kier alpha value is -1.75. The van der Waals surface area contributed by atoms with Crippen LogP contribution in [-0.2, 0) is 9.59 Å². The lowest BCUT2D eigenvalue weighted by molar-refractivity contribution is -0.127. The maximum Gasteiger partial charge on any atom is 0.257 e. The highest BCUT2D eigenvalue weighted by molar-refractivity contribution is 8.04. The zero-order chi connectivity index (χ0) is 18.0. The van der Waals surface area contributed by atoms with E-state index in [1.807, 2.05) is 32.1 Å². The zero-order valence-corrected chi connectivity index (χ0v) is 15.9. The van der Waals surface area contributed by atoms with E-state index in [0.717, 1.165) is 29.7 Å². The van der Waals surface area contributed by atoms with E-state index in [4.69, 9.17) is 0 Å². The van der Waals surface area contributed by atoms with Gasteiger partial charge in [0.15, 0.2) is 0 Å². The van der Waals surface area contributed by atoms with Gasteiger partial charge in [-0.3, -0.25) is 9.59 Å². The van der Waals surface area contributed by atoms with Crippen LogP contribution in [0.25, 0.3) is 6.08 Å². The Bertz CT molecular complexity index is 681. The summed E-state index contributed by atoms with van der Waals surface area (Å²) in [6.45, 7) is 6.01. The second-order valence-corrected chi connectivity index (χ2v) is 8.61. The number of rotatable bonds is 3. The van der Waals surface area contributed by atoms with Crippen LogP contribution in [0.1, 0.15) is 44.2 Å². The SMILES string of the molecule is Cc1ccc(/C=C2/SC3CCC(C(=O)NC(C)C)CC3NC2=O)cc1. The topological polar surface area (TPSA) is 58.2 Å². The Kier molecular flexibility index (Phi) is 5.52. The summed E-state index contributed by atoms with van der Waals surface area (Å²) in [6, 6.07) is 8.43. The molecule has 1 aliphatic heterocycles. The first kappa shape index (κ1) is 18.1. The number of aryl methyl sites for hydroxylation is 1. The van der Waals surface area contributed by atoms with Crippen molar-refractivity contribution >= 4 is 29.7 Å². The van der Waals surface area contributed by atoms with Crippen molar-refractivity contribution in [3.63, 3.8) is 0 Å². The fraction of sp³-hybridized carbons (Fsp3) is 0.500. The van der Waals surface area contributed by atoms with E-state index in [2.05, 4.69) is 29.7 Å². The molecule has 1 aromatic carbocycles. The summed E-state index contributed by atoms with van der Waals surface area (Å²) in [6.07, 6.45) is 4.55. The Morgan fingerprint density at radius 3 is 2.68 bits per heavy atom. The number of carbonyl (C=O) groups excluding carboxylic acids is 2. The largest absolute Gasteiger partial charge is 0.354 e. The van der Waals surface area contributed by atoms with Crippen LogP contribution in [0.4, 0.5) is 0 Å². The maximum atomic E-state index is 12.5. The predicted molar refractivity (Wildman–Crippen MR) is 103 cm³/mol. The van der Waals surface area contributed by atoms with E-state index in [-0.39, 0.29) is 29.8 Å². The van der Waals surface area contributed by atoms with Gasteiger partial charge < -0.3 is 10.6 Å². The standard InChI is InChI=1S/C20H26N2O2S/c1-12(2)21-19(23)15-8-9-17-16(11-15)22-20(24)18(25-17)10-14-6-4-13(3)5-7-14/h4-7,10,12,15-17H,8-9,11H2,1-3H3,(H,21,23)(H,22,24)/b18-10+. The quantitative estimate of drug-likeness (QED) is 0.816. The highest BCUT2D eigenvalue weighted by Crippen LogP contribution is 2.39. The van der Waals surface area contributed by atoms with Crippen LogP contribution in [0, 0.1) is 12.8 Å². The molecule has 2 N–H and O–H groups in total. The number of thioether (sulfide) groups is 1. The van der Waals surface area contributed by atoms with Crippen molar-refractivity contribution in [3.05, 3.63) is 40.3 Å². The van der Waals surface area contributed by atoms with Gasteiger partial charge in [0.1, 0.15) is 0 Å². The fourth-order valence-corrected chi connectivity index (χ4v) is 4.74. The van der Waals surface area contributed by atoms with Gasteiger partial charge in [-0.05, 0) is 51.7 Å². The molecule has 1 saturated carbocycles. The molecule has 1 saturated heterocycles. The lowest BCUT2D eigenvalue weighted by Crippen LogP contribution is -2.52. The first-order valence-corrected chi connectivity index (χ1v) is 9.86. The van der Waals surface area contributed by atoms with Crippen LogP contribution in [0.5, 0.6) is 0 Å². The predicted octanol–water partition coefficient (Wildman–Crippen LogP) is 3.26. The molecule has 0 aromatic heterocycles. The molecule has 3 atom stereocenters. The maximum absolute atomic E-state index is 12.5. The molecule has 2 fully saturated rings. The molecule has 2 aliphatic rings. The van der Waals surface area contributed by atoms with E-state index >= 15 is 0 Å². The monoisotopic (exact) mass is 358 g/mol. The van der Waals surface area contributed by atoms with Gasteiger partial charge in [-0.25, -0.2) is 0 Å². The van der Waals surface area contributed by atoms with Crippen molar-refractivity contribution in [3.8, 4) is 0 Å². The van der Waals surface area contributed by atoms with Gasteiger partial charge >= 0.3 is 0 Å². The van der Waals surface area contributed by atoms with Crippen LogP contribution in [0.3, 0.4) is 0 Å². The van der Waals surface area contributed by atoms with Crippen LogP contribution in [0.15, 0.2) is 29.2 Å². The smallest absolute Gasteiger partial charge is 0.257 e.